The van der Waals surface area contributed by atoms with E-state index in [-0.39, 0.29) is 4.90 Å². The minimum atomic E-state index is -4.02. The first-order valence-electron chi connectivity index (χ1n) is 7.62. The molecule has 0 saturated carbocycles. The molecule has 0 bridgehead atoms. The van der Waals surface area contributed by atoms with Crippen LogP contribution < -0.4 is 5.32 Å². The highest BCUT2D eigenvalue weighted by molar-refractivity contribution is 7.85. The van der Waals surface area contributed by atoms with E-state index in [1.54, 1.807) is 12.1 Å². The fourth-order valence-corrected chi connectivity index (χ4v) is 2.93. The summed E-state index contributed by atoms with van der Waals surface area (Å²) in [5, 5.41) is 3.36. The Hall–Kier alpha value is -1.76. The third kappa shape index (κ3) is 5.74. The van der Waals surface area contributed by atoms with E-state index in [9.17, 15) is 8.42 Å². The molecule has 0 aliphatic carbocycles. The largest absolute Gasteiger partial charge is 0.317 e. The number of aryl methyl sites for hydroxylation is 1. The van der Waals surface area contributed by atoms with Gasteiger partial charge < -0.3 is 5.32 Å². The molecule has 1 aromatic heterocycles. The van der Waals surface area contributed by atoms with Crippen molar-refractivity contribution in [2.45, 2.75) is 30.6 Å². The number of piperidine rings is 1. The number of hydrogen-bond donors (Lipinski definition) is 2. The number of hydrogen-bond acceptors (Lipinski definition) is 4. The van der Waals surface area contributed by atoms with Crippen molar-refractivity contribution in [3.63, 3.8) is 0 Å². The zero-order valence-corrected chi connectivity index (χ0v) is 14.0. The van der Waals surface area contributed by atoms with Crippen LogP contribution in [0.3, 0.4) is 0 Å². The van der Waals surface area contributed by atoms with E-state index in [1.165, 1.54) is 30.7 Å². The van der Waals surface area contributed by atoms with Crippen molar-refractivity contribution in [3.8, 4) is 0 Å². The van der Waals surface area contributed by atoms with E-state index in [0.717, 1.165) is 18.7 Å². The lowest BCUT2D eigenvalue weighted by Gasteiger charge is -2.21. The highest BCUT2D eigenvalue weighted by Gasteiger charge is 2.15. The van der Waals surface area contributed by atoms with Gasteiger partial charge in [0.15, 0.2) is 0 Å². The summed E-state index contributed by atoms with van der Waals surface area (Å²) in [6.45, 7) is 4.12. The van der Waals surface area contributed by atoms with Crippen molar-refractivity contribution in [1.29, 1.82) is 0 Å². The summed E-state index contributed by atoms with van der Waals surface area (Å²) in [4.78, 5) is 4.31. The summed E-state index contributed by atoms with van der Waals surface area (Å²) in [6, 6.07) is 12.2. The van der Waals surface area contributed by atoms with Gasteiger partial charge in [0.05, 0.1) is 4.90 Å². The number of nitrogens with zero attached hydrogens (tertiary/aromatic N) is 1. The summed E-state index contributed by atoms with van der Waals surface area (Å²) in [7, 11) is -4.02. The quantitative estimate of drug-likeness (QED) is 0.826. The first-order chi connectivity index (χ1) is 11.0. The summed E-state index contributed by atoms with van der Waals surface area (Å²) in [6.07, 6.45) is 4.35. The molecule has 2 N–H and O–H groups in total. The second kappa shape index (κ2) is 8.19. The fraction of sp³-hybridized carbons (Fsp3) is 0.353. The molecule has 0 radical (unpaired) electrons. The third-order valence-electron chi connectivity index (χ3n) is 3.76. The molecule has 5 nitrogen and oxygen atoms in total. The molecule has 0 spiro atoms. The van der Waals surface area contributed by atoms with Gasteiger partial charge in [0, 0.05) is 17.8 Å². The van der Waals surface area contributed by atoms with Crippen LogP contribution in [0, 0.1) is 6.92 Å². The standard InChI is InChI=1S/C10H14N2.C7H8O3S/c1-2-6-12-10(3-1)9-4-7-11-8-5-9;1-6-2-4-7(5-3-6)11(8,9)10/h1-3,6,9,11H,4-5,7-8H2;2-5H,1H3,(H,8,9,10). The predicted molar refractivity (Wildman–Crippen MR) is 90.1 cm³/mol. The number of nitrogens with one attached hydrogen (secondary N) is 1. The van der Waals surface area contributed by atoms with E-state index in [0.29, 0.717) is 5.92 Å². The molecule has 1 fully saturated rings. The second-order valence-electron chi connectivity index (χ2n) is 5.57. The third-order valence-corrected chi connectivity index (χ3v) is 4.63. The first-order valence-corrected chi connectivity index (χ1v) is 9.06. The molecular formula is C17H22N2O3S. The Morgan fingerprint density at radius 1 is 1.09 bits per heavy atom. The lowest BCUT2D eigenvalue weighted by molar-refractivity contribution is 0.453. The van der Waals surface area contributed by atoms with E-state index >= 15 is 0 Å². The highest BCUT2D eigenvalue weighted by atomic mass is 32.2. The summed E-state index contributed by atoms with van der Waals surface area (Å²) < 4.78 is 29.6. The van der Waals surface area contributed by atoms with Crippen LogP contribution in [0.5, 0.6) is 0 Å². The van der Waals surface area contributed by atoms with Crippen molar-refractivity contribution >= 4 is 10.1 Å². The Morgan fingerprint density at radius 2 is 1.74 bits per heavy atom. The summed E-state index contributed by atoms with van der Waals surface area (Å²) in [5.74, 6) is 0.687. The van der Waals surface area contributed by atoms with Gasteiger partial charge in [-0.1, -0.05) is 23.8 Å². The van der Waals surface area contributed by atoms with E-state index < -0.39 is 10.1 Å². The maximum atomic E-state index is 10.5. The van der Waals surface area contributed by atoms with Crippen molar-refractivity contribution in [1.82, 2.24) is 10.3 Å². The molecular weight excluding hydrogens is 312 g/mol. The van der Waals surface area contributed by atoms with Gasteiger partial charge in [0.1, 0.15) is 0 Å². The van der Waals surface area contributed by atoms with Crippen LogP contribution in [0.4, 0.5) is 0 Å². The number of rotatable bonds is 2. The number of pyridine rings is 1. The number of benzene rings is 1. The molecule has 0 atom stereocenters. The maximum Gasteiger partial charge on any atom is 0.294 e. The van der Waals surface area contributed by atoms with Gasteiger partial charge in [-0.3, -0.25) is 9.54 Å². The minimum absolute atomic E-state index is 0.0666. The first kappa shape index (κ1) is 17.6. The van der Waals surface area contributed by atoms with Crippen LogP contribution in [-0.4, -0.2) is 31.0 Å². The highest BCUT2D eigenvalue weighted by Crippen LogP contribution is 2.22. The van der Waals surface area contributed by atoms with Crippen molar-refractivity contribution in [2.24, 2.45) is 0 Å². The second-order valence-corrected chi connectivity index (χ2v) is 6.99. The zero-order chi connectivity index (χ0) is 16.7. The monoisotopic (exact) mass is 334 g/mol. The van der Waals surface area contributed by atoms with Crippen molar-refractivity contribution in [2.75, 3.05) is 13.1 Å². The van der Waals surface area contributed by atoms with Gasteiger partial charge in [0.25, 0.3) is 10.1 Å². The van der Waals surface area contributed by atoms with Crippen LogP contribution in [0.25, 0.3) is 0 Å². The van der Waals surface area contributed by atoms with Gasteiger partial charge >= 0.3 is 0 Å². The van der Waals surface area contributed by atoms with Crippen molar-refractivity contribution < 1.29 is 13.0 Å². The molecule has 0 unspecified atom stereocenters. The Balaban J connectivity index is 0.000000168. The molecule has 1 aliphatic rings. The van der Waals surface area contributed by atoms with Gasteiger partial charge in [0.2, 0.25) is 0 Å². The van der Waals surface area contributed by atoms with Crippen LogP contribution in [0.15, 0.2) is 53.6 Å². The van der Waals surface area contributed by atoms with E-state index in [4.69, 9.17) is 4.55 Å². The molecule has 6 heteroatoms. The van der Waals surface area contributed by atoms with Gasteiger partial charge in [-0.05, 0) is 57.1 Å². The van der Waals surface area contributed by atoms with Crippen LogP contribution in [0.1, 0.15) is 30.0 Å². The normalized spacial score (nSPS) is 15.6. The Kier molecular flexibility index (Phi) is 6.27. The summed E-state index contributed by atoms with van der Waals surface area (Å²) in [5.41, 5.74) is 2.22. The Morgan fingerprint density at radius 3 is 2.26 bits per heavy atom. The van der Waals surface area contributed by atoms with Gasteiger partial charge in [-0.15, -0.1) is 0 Å². The average molecular weight is 334 g/mol. The molecule has 2 aromatic rings. The van der Waals surface area contributed by atoms with Crippen LogP contribution in [0.2, 0.25) is 0 Å². The van der Waals surface area contributed by atoms with Gasteiger partial charge in [-0.25, -0.2) is 0 Å². The van der Waals surface area contributed by atoms with Gasteiger partial charge in [-0.2, -0.15) is 8.42 Å². The minimum Gasteiger partial charge on any atom is -0.317 e. The molecule has 0 amide bonds. The molecule has 124 valence electrons. The zero-order valence-electron chi connectivity index (χ0n) is 13.1. The Labute approximate surface area is 137 Å². The van der Waals surface area contributed by atoms with Crippen LogP contribution in [-0.2, 0) is 10.1 Å². The average Bonchev–Trinajstić information content (AvgIpc) is 2.57. The molecule has 1 saturated heterocycles. The molecule has 1 aliphatic heterocycles. The smallest absolute Gasteiger partial charge is 0.294 e. The molecule has 23 heavy (non-hydrogen) atoms. The van der Waals surface area contributed by atoms with Crippen molar-refractivity contribution in [3.05, 3.63) is 59.9 Å². The van der Waals surface area contributed by atoms with Crippen LogP contribution >= 0.6 is 0 Å². The number of aromatic nitrogens is 1. The lowest BCUT2D eigenvalue weighted by Crippen LogP contribution is -2.26. The fourth-order valence-electron chi connectivity index (χ4n) is 2.45. The molecule has 1 aromatic carbocycles. The lowest BCUT2D eigenvalue weighted by atomic mass is 9.94. The molecule has 2 heterocycles. The maximum absolute atomic E-state index is 10.5. The predicted octanol–water partition coefficient (Wildman–Crippen LogP) is 2.79. The Bertz CT molecular complexity index is 694. The summed E-state index contributed by atoms with van der Waals surface area (Å²) >= 11 is 0. The van der Waals surface area contributed by atoms with E-state index in [2.05, 4.69) is 22.4 Å². The topological polar surface area (TPSA) is 79.3 Å². The SMILES string of the molecule is Cc1ccc(S(=O)(=O)O)cc1.c1ccc(C2CCNCC2)nc1. The molecule has 3 rings (SSSR count). The van der Waals surface area contributed by atoms with E-state index in [1.807, 2.05) is 19.2 Å².